The number of fused-ring (bicyclic) bond motifs is 1. The number of ether oxygens (including phenoxy) is 1. The van der Waals surface area contributed by atoms with Crippen LogP contribution in [-0.4, -0.2) is 44.6 Å². The number of aliphatic carboxylic acids is 1. The molecule has 0 saturated heterocycles. The minimum Gasteiger partial charge on any atom is -0.480 e. The van der Waals surface area contributed by atoms with Crippen molar-refractivity contribution in [3.05, 3.63) is 52.5 Å². The Labute approximate surface area is 231 Å². The maximum absolute atomic E-state index is 12.7. The number of hydrogen-bond donors (Lipinski definition) is 5. The van der Waals surface area contributed by atoms with Gasteiger partial charge in [-0.1, -0.05) is 24.1 Å². The quantitative estimate of drug-likeness (QED) is 0.170. The summed E-state index contributed by atoms with van der Waals surface area (Å²) in [5.74, 6) is -1.71. The van der Waals surface area contributed by atoms with E-state index in [0.29, 0.717) is 40.9 Å². The number of nitrogens with one attached hydrogen (secondary N) is 2. The Balaban J connectivity index is 1.54. The van der Waals surface area contributed by atoms with E-state index in [1.807, 2.05) is 6.07 Å². The Morgan fingerprint density at radius 3 is 2.38 bits per heavy atom. The van der Waals surface area contributed by atoms with Gasteiger partial charge in [0.1, 0.15) is 17.5 Å². The molecule has 0 aliphatic heterocycles. The first kappa shape index (κ1) is 29.4. The van der Waals surface area contributed by atoms with E-state index in [-0.39, 0.29) is 30.6 Å². The third-order valence-corrected chi connectivity index (χ3v) is 6.14. The summed E-state index contributed by atoms with van der Waals surface area (Å²) < 4.78 is 5.25. The molecule has 11 nitrogen and oxygen atoms in total. The Morgan fingerprint density at radius 1 is 1.05 bits per heavy atom. The topological polar surface area (TPSA) is 183 Å². The number of esters is 1. The summed E-state index contributed by atoms with van der Waals surface area (Å²) in [6.45, 7) is 5.73. The van der Waals surface area contributed by atoms with Crippen molar-refractivity contribution in [1.82, 2.24) is 15.3 Å². The van der Waals surface area contributed by atoms with E-state index < -0.39 is 23.5 Å². The van der Waals surface area contributed by atoms with Gasteiger partial charge in [-0.25, -0.2) is 9.78 Å². The zero-order chi connectivity index (χ0) is 28.7. The lowest BCUT2D eigenvalue weighted by molar-refractivity contribution is -0.154. The number of carboxylic acids is 1. The standard InChI is InChI=1S/C27H33ClN6O5/c1-27(2,3)39-20(35)7-5-4-6-19(25(37)38)32-24(36)15-8-11-17(12-9-15)31-14-16-10-13-18-21(22(16)28)23(29)34-26(30)33-18/h8-13,19,31H,4-7,14H2,1-3H3,(H,32,36)(H,37,38)(H4,29,30,33,34). The van der Waals surface area contributed by atoms with Crippen molar-refractivity contribution in [1.29, 1.82) is 0 Å². The predicted octanol–water partition coefficient (Wildman–Crippen LogP) is 4.14. The molecule has 2 aromatic carbocycles. The number of halogens is 1. The van der Waals surface area contributed by atoms with Crippen LogP contribution >= 0.6 is 11.6 Å². The van der Waals surface area contributed by atoms with Crippen molar-refractivity contribution in [3.63, 3.8) is 0 Å². The number of benzene rings is 2. The van der Waals surface area contributed by atoms with Gasteiger partial charge in [-0.3, -0.25) is 9.59 Å². The number of rotatable bonds is 11. The zero-order valence-electron chi connectivity index (χ0n) is 22.1. The van der Waals surface area contributed by atoms with E-state index in [1.54, 1.807) is 51.1 Å². The lowest BCUT2D eigenvalue weighted by Gasteiger charge is -2.19. The first-order valence-electron chi connectivity index (χ1n) is 12.4. The zero-order valence-corrected chi connectivity index (χ0v) is 22.8. The van der Waals surface area contributed by atoms with Gasteiger partial charge >= 0.3 is 11.9 Å². The lowest BCUT2D eigenvalue weighted by Crippen LogP contribution is -2.40. The largest absolute Gasteiger partial charge is 0.480 e. The van der Waals surface area contributed by atoms with Gasteiger partial charge in [0.2, 0.25) is 5.95 Å². The first-order chi connectivity index (χ1) is 18.3. The van der Waals surface area contributed by atoms with Gasteiger partial charge in [0.15, 0.2) is 0 Å². The number of nitrogen functional groups attached to an aromatic ring is 2. The third-order valence-electron chi connectivity index (χ3n) is 5.70. The molecule has 1 atom stereocenters. The molecule has 0 spiro atoms. The maximum atomic E-state index is 12.7. The summed E-state index contributed by atoms with van der Waals surface area (Å²) in [5.41, 5.74) is 13.4. The van der Waals surface area contributed by atoms with Gasteiger partial charge in [0.25, 0.3) is 5.91 Å². The molecule has 7 N–H and O–H groups in total. The van der Waals surface area contributed by atoms with Crippen LogP contribution in [0.3, 0.4) is 0 Å². The van der Waals surface area contributed by atoms with Crippen LogP contribution in [-0.2, 0) is 20.9 Å². The highest BCUT2D eigenvalue weighted by Crippen LogP contribution is 2.31. The number of hydrogen-bond acceptors (Lipinski definition) is 9. The maximum Gasteiger partial charge on any atom is 0.326 e. The monoisotopic (exact) mass is 556 g/mol. The number of amides is 1. The van der Waals surface area contributed by atoms with E-state index in [1.165, 1.54) is 0 Å². The van der Waals surface area contributed by atoms with E-state index >= 15 is 0 Å². The fourth-order valence-electron chi connectivity index (χ4n) is 3.86. The SMILES string of the molecule is CC(C)(C)OC(=O)CCCCC(NC(=O)c1ccc(NCc2ccc3nc(N)nc(N)c3c2Cl)cc1)C(=O)O. The second-order valence-electron chi connectivity index (χ2n) is 10.0. The van der Waals surface area contributed by atoms with Crippen molar-refractivity contribution >= 4 is 57.8 Å². The molecule has 1 amide bonds. The highest BCUT2D eigenvalue weighted by atomic mass is 35.5. The van der Waals surface area contributed by atoms with Gasteiger partial charge in [0.05, 0.1) is 15.9 Å². The molecular formula is C27H33ClN6O5. The molecule has 0 aliphatic rings. The highest BCUT2D eigenvalue weighted by molar-refractivity contribution is 6.37. The number of carbonyl (C=O) groups excluding carboxylic acids is 2. The van der Waals surface area contributed by atoms with Crippen LogP contribution in [0.5, 0.6) is 0 Å². The molecule has 208 valence electrons. The average Bonchev–Trinajstić information content (AvgIpc) is 2.84. The van der Waals surface area contributed by atoms with Crippen LogP contribution in [0.25, 0.3) is 10.9 Å². The van der Waals surface area contributed by atoms with Crippen LogP contribution in [0.4, 0.5) is 17.5 Å². The fraction of sp³-hybridized carbons (Fsp3) is 0.370. The third kappa shape index (κ3) is 8.44. The molecule has 1 aromatic heterocycles. The van der Waals surface area contributed by atoms with Crippen molar-refractivity contribution < 1.29 is 24.2 Å². The molecule has 12 heteroatoms. The minimum absolute atomic E-state index is 0.0685. The van der Waals surface area contributed by atoms with Crippen molar-refractivity contribution in [3.8, 4) is 0 Å². The minimum atomic E-state index is -1.14. The normalized spacial score (nSPS) is 12.1. The van der Waals surface area contributed by atoms with Crippen LogP contribution in [0, 0.1) is 0 Å². The number of unbranched alkanes of at least 4 members (excludes halogenated alkanes) is 1. The van der Waals surface area contributed by atoms with Gasteiger partial charge in [-0.15, -0.1) is 0 Å². The molecule has 0 radical (unpaired) electrons. The van der Waals surface area contributed by atoms with E-state index in [0.717, 1.165) is 11.3 Å². The number of carbonyl (C=O) groups is 3. The Kier molecular flexibility index (Phi) is 9.52. The molecule has 0 fully saturated rings. The van der Waals surface area contributed by atoms with E-state index in [4.69, 9.17) is 27.8 Å². The van der Waals surface area contributed by atoms with Gasteiger partial charge < -0.3 is 31.9 Å². The summed E-state index contributed by atoms with van der Waals surface area (Å²) in [7, 11) is 0. The number of aromatic nitrogens is 2. The second-order valence-corrected chi connectivity index (χ2v) is 10.4. The van der Waals surface area contributed by atoms with Crippen LogP contribution in [0.15, 0.2) is 36.4 Å². The van der Waals surface area contributed by atoms with Crippen LogP contribution < -0.4 is 22.1 Å². The van der Waals surface area contributed by atoms with Gasteiger partial charge in [-0.05, 0) is 69.5 Å². The molecule has 3 rings (SSSR count). The van der Waals surface area contributed by atoms with Crippen molar-refractivity contribution in [2.75, 3.05) is 16.8 Å². The smallest absolute Gasteiger partial charge is 0.326 e. The molecular weight excluding hydrogens is 524 g/mol. The Bertz CT molecular complexity index is 1360. The molecule has 39 heavy (non-hydrogen) atoms. The molecule has 0 bridgehead atoms. The highest BCUT2D eigenvalue weighted by Gasteiger charge is 2.21. The molecule has 3 aromatic rings. The van der Waals surface area contributed by atoms with Crippen molar-refractivity contribution in [2.24, 2.45) is 0 Å². The summed E-state index contributed by atoms with van der Waals surface area (Å²) in [4.78, 5) is 44.2. The average molecular weight is 557 g/mol. The van der Waals surface area contributed by atoms with E-state index in [2.05, 4.69) is 20.6 Å². The second kappa shape index (κ2) is 12.6. The van der Waals surface area contributed by atoms with Crippen LogP contribution in [0.1, 0.15) is 62.4 Å². The molecule has 0 aliphatic carbocycles. The fourth-order valence-corrected chi connectivity index (χ4v) is 4.18. The molecule has 0 saturated carbocycles. The van der Waals surface area contributed by atoms with Gasteiger partial charge in [0, 0.05) is 24.2 Å². The summed E-state index contributed by atoms with van der Waals surface area (Å²) in [6.07, 6.45) is 1.29. The van der Waals surface area contributed by atoms with E-state index in [9.17, 15) is 19.5 Å². The number of carboxylic acid groups (broad SMARTS) is 1. The first-order valence-corrected chi connectivity index (χ1v) is 12.8. The predicted molar refractivity (Wildman–Crippen MR) is 150 cm³/mol. The summed E-state index contributed by atoms with van der Waals surface area (Å²) in [5, 5.41) is 16.2. The number of nitrogens with two attached hydrogens (primary N) is 2. The number of nitrogens with zero attached hydrogens (tertiary/aromatic N) is 2. The van der Waals surface area contributed by atoms with Crippen LogP contribution in [0.2, 0.25) is 5.02 Å². The molecule has 1 heterocycles. The van der Waals surface area contributed by atoms with Gasteiger partial charge in [-0.2, -0.15) is 4.98 Å². The Morgan fingerprint density at radius 2 is 1.74 bits per heavy atom. The lowest BCUT2D eigenvalue weighted by atomic mass is 10.1. The summed E-state index contributed by atoms with van der Waals surface area (Å²) >= 11 is 6.53. The van der Waals surface area contributed by atoms with Crippen molar-refractivity contribution in [2.45, 2.75) is 64.6 Å². The molecule has 1 unspecified atom stereocenters. The number of anilines is 3. The Hall–Kier alpha value is -4.12. The summed E-state index contributed by atoms with van der Waals surface area (Å²) in [6, 6.07) is 9.10.